The van der Waals surface area contributed by atoms with Crippen LogP contribution in [-0.4, -0.2) is 57.5 Å². The maximum absolute atomic E-state index is 13.3. The molecule has 2 aromatic heterocycles. The van der Waals surface area contributed by atoms with E-state index in [0.29, 0.717) is 52.9 Å². The molecule has 3 heterocycles. The predicted octanol–water partition coefficient (Wildman–Crippen LogP) is 2.99. The van der Waals surface area contributed by atoms with Gasteiger partial charge in [-0.2, -0.15) is 5.10 Å². The van der Waals surface area contributed by atoms with Gasteiger partial charge < -0.3 is 9.80 Å². The van der Waals surface area contributed by atoms with Gasteiger partial charge in [0.25, 0.3) is 11.5 Å². The van der Waals surface area contributed by atoms with Gasteiger partial charge in [0, 0.05) is 44.5 Å². The minimum Gasteiger partial charge on any atom is -0.368 e. The standard InChI is InChI=1S/C24H27N5O3S/c1-14-15(2)26-27(5)23(31)20(14)22-25-16(3)21(33-22)24(32)29-12-10-28(11-13-29)19-8-6-18(7-9-19)17(4)30/h6-9H,10-13H2,1-5H3. The summed E-state index contributed by atoms with van der Waals surface area (Å²) in [5, 5.41) is 4.79. The normalized spacial score (nSPS) is 14.0. The van der Waals surface area contributed by atoms with Gasteiger partial charge in [-0.3, -0.25) is 14.4 Å². The second kappa shape index (κ2) is 8.90. The zero-order valence-electron chi connectivity index (χ0n) is 19.5. The summed E-state index contributed by atoms with van der Waals surface area (Å²) < 4.78 is 1.32. The topological polar surface area (TPSA) is 88.4 Å². The number of ketones is 1. The lowest BCUT2D eigenvalue weighted by molar-refractivity contribution is 0.0750. The van der Waals surface area contributed by atoms with E-state index in [9.17, 15) is 14.4 Å². The molecule has 0 radical (unpaired) electrons. The molecule has 0 spiro atoms. The second-order valence-corrected chi connectivity index (χ2v) is 9.33. The molecule has 1 aliphatic rings. The van der Waals surface area contributed by atoms with Gasteiger partial charge in [-0.05, 0) is 57.5 Å². The number of carbonyl (C=O) groups excluding carboxylic acids is 2. The van der Waals surface area contributed by atoms with Crippen molar-refractivity contribution in [2.75, 3.05) is 31.1 Å². The number of aryl methyl sites for hydroxylation is 3. The number of rotatable bonds is 4. The van der Waals surface area contributed by atoms with Crippen LogP contribution in [0.4, 0.5) is 5.69 Å². The molecule has 0 bridgehead atoms. The molecule has 1 aliphatic heterocycles. The average Bonchev–Trinajstić information content (AvgIpc) is 3.18. The quantitative estimate of drug-likeness (QED) is 0.551. The van der Waals surface area contributed by atoms with Gasteiger partial charge in [0.15, 0.2) is 5.78 Å². The van der Waals surface area contributed by atoms with Gasteiger partial charge in [0.1, 0.15) is 9.88 Å². The van der Waals surface area contributed by atoms with Crippen LogP contribution in [0.15, 0.2) is 29.1 Å². The van der Waals surface area contributed by atoms with E-state index >= 15 is 0 Å². The Hall–Kier alpha value is -3.33. The van der Waals surface area contributed by atoms with Crippen LogP contribution < -0.4 is 10.5 Å². The monoisotopic (exact) mass is 465 g/mol. The van der Waals surface area contributed by atoms with E-state index in [-0.39, 0.29) is 17.2 Å². The molecule has 9 heteroatoms. The van der Waals surface area contributed by atoms with Crippen molar-refractivity contribution in [1.29, 1.82) is 0 Å². The van der Waals surface area contributed by atoms with Crippen LogP contribution in [0.5, 0.6) is 0 Å². The lowest BCUT2D eigenvalue weighted by Crippen LogP contribution is -2.48. The first-order valence-electron chi connectivity index (χ1n) is 10.8. The molecular formula is C24H27N5O3S. The highest BCUT2D eigenvalue weighted by atomic mass is 32.1. The summed E-state index contributed by atoms with van der Waals surface area (Å²) >= 11 is 1.27. The predicted molar refractivity (Wildman–Crippen MR) is 129 cm³/mol. The van der Waals surface area contributed by atoms with Gasteiger partial charge in [-0.15, -0.1) is 11.3 Å². The number of piperazine rings is 1. The maximum atomic E-state index is 13.3. The van der Waals surface area contributed by atoms with Crippen molar-refractivity contribution in [2.45, 2.75) is 27.7 Å². The third-order valence-corrected chi connectivity index (χ3v) is 7.30. The highest BCUT2D eigenvalue weighted by Gasteiger charge is 2.27. The molecule has 0 N–H and O–H groups in total. The Kier molecular flexibility index (Phi) is 6.16. The fourth-order valence-electron chi connectivity index (χ4n) is 4.02. The SMILES string of the molecule is CC(=O)c1ccc(N2CCN(C(=O)c3sc(-c4c(C)c(C)nn(C)c4=O)nc3C)CC2)cc1. The first kappa shape index (κ1) is 22.8. The number of Topliss-reactive ketones (excluding diaryl/α,β-unsaturated/α-hetero) is 1. The van der Waals surface area contributed by atoms with Gasteiger partial charge >= 0.3 is 0 Å². The van der Waals surface area contributed by atoms with Crippen molar-refractivity contribution in [3.8, 4) is 10.6 Å². The Morgan fingerprint density at radius 1 is 0.970 bits per heavy atom. The van der Waals surface area contributed by atoms with Crippen LogP contribution in [0.25, 0.3) is 10.6 Å². The lowest BCUT2D eigenvalue weighted by atomic mass is 10.1. The van der Waals surface area contributed by atoms with Gasteiger partial charge in [-0.1, -0.05) is 0 Å². The van der Waals surface area contributed by atoms with E-state index in [1.807, 2.05) is 49.9 Å². The van der Waals surface area contributed by atoms with Crippen LogP contribution in [0.3, 0.4) is 0 Å². The number of carbonyl (C=O) groups is 2. The van der Waals surface area contributed by atoms with E-state index in [0.717, 1.165) is 16.9 Å². The van der Waals surface area contributed by atoms with Gasteiger partial charge in [-0.25, -0.2) is 9.67 Å². The second-order valence-electron chi connectivity index (χ2n) is 8.33. The van der Waals surface area contributed by atoms with E-state index in [1.54, 1.807) is 14.0 Å². The fraction of sp³-hybridized carbons (Fsp3) is 0.375. The molecule has 1 aromatic carbocycles. The van der Waals surface area contributed by atoms with Crippen LogP contribution in [0.1, 0.15) is 43.9 Å². The van der Waals surface area contributed by atoms with Crippen molar-refractivity contribution < 1.29 is 9.59 Å². The molecule has 172 valence electrons. The van der Waals surface area contributed by atoms with Crippen molar-refractivity contribution in [3.05, 3.63) is 62.0 Å². The zero-order valence-corrected chi connectivity index (χ0v) is 20.3. The van der Waals surface area contributed by atoms with Gasteiger partial charge in [0.05, 0.1) is 17.0 Å². The summed E-state index contributed by atoms with van der Waals surface area (Å²) in [4.78, 5) is 46.7. The number of amides is 1. The average molecular weight is 466 g/mol. The summed E-state index contributed by atoms with van der Waals surface area (Å²) in [6.45, 7) is 9.69. The highest BCUT2D eigenvalue weighted by molar-refractivity contribution is 7.17. The number of anilines is 1. The molecule has 1 saturated heterocycles. The lowest BCUT2D eigenvalue weighted by Gasteiger charge is -2.36. The first-order valence-corrected chi connectivity index (χ1v) is 11.7. The summed E-state index contributed by atoms with van der Waals surface area (Å²) in [7, 11) is 1.62. The number of hydrogen-bond donors (Lipinski definition) is 0. The largest absolute Gasteiger partial charge is 0.368 e. The fourth-order valence-corrected chi connectivity index (χ4v) is 5.15. The van der Waals surface area contributed by atoms with Crippen LogP contribution in [0.2, 0.25) is 0 Å². The number of benzene rings is 1. The highest BCUT2D eigenvalue weighted by Crippen LogP contribution is 2.30. The van der Waals surface area contributed by atoms with Gasteiger partial charge in [0.2, 0.25) is 0 Å². The molecular weight excluding hydrogens is 438 g/mol. The van der Waals surface area contributed by atoms with Crippen molar-refractivity contribution >= 4 is 28.7 Å². The molecule has 3 aromatic rings. The molecule has 0 unspecified atom stereocenters. The molecule has 1 amide bonds. The van der Waals surface area contributed by atoms with E-state index < -0.39 is 0 Å². The molecule has 0 saturated carbocycles. The Labute approximate surface area is 196 Å². The third kappa shape index (κ3) is 4.32. The number of hydrogen-bond acceptors (Lipinski definition) is 7. The Balaban J connectivity index is 1.51. The van der Waals surface area contributed by atoms with Crippen LogP contribution >= 0.6 is 11.3 Å². The molecule has 1 fully saturated rings. The summed E-state index contributed by atoms with van der Waals surface area (Å²) in [5.41, 5.74) is 4.22. The summed E-state index contributed by atoms with van der Waals surface area (Å²) in [5.74, 6) is -0.00526. The molecule has 0 atom stereocenters. The number of aromatic nitrogens is 3. The minimum atomic E-state index is -0.213. The van der Waals surface area contributed by atoms with Crippen molar-refractivity contribution in [3.63, 3.8) is 0 Å². The maximum Gasteiger partial charge on any atom is 0.277 e. The van der Waals surface area contributed by atoms with E-state index in [1.165, 1.54) is 16.0 Å². The number of thiazole rings is 1. The van der Waals surface area contributed by atoms with Crippen molar-refractivity contribution in [2.24, 2.45) is 7.05 Å². The zero-order chi connectivity index (χ0) is 23.9. The molecule has 8 nitrogen and oxygen atoms in total. The number of nitrogens with zero attached hydrogens (tertiary/aromatic N) is 5. The van der Waals surface area contributed by atoms with Crippen molar-refractivity contribution in [1.82, 2.24) is 19.7 Å². The molecule has 0 aliphatic carbocycles. The first-order chi connectivity index (χ1) is 15.7. The Morgan fingerprint density at radius 3 is 2.21 bits per heavy atom. The smallest absolute Gasteiger partial charge is 0.277 e. The Bertz CT molecular complexity index is 1280. The molecule has 33 heavy (non-hydrogen) atoms. The van der Waals surface area contributed by atoms with E-state index in [4.69, 9.17) is 0 Å². The van der Waals surface area contributed by atoms with Crippen LogP contribution in [0, 0.1) is 20.8 Å². The molecule has 4 rings (SSSR count). The minimum absolute atomic E-state index is 0.0474. The summed E-state index contributed by atoms with van der Waals surface area (Å²) in [6.07, 6.45) is 0. The third-order valence-electron chi connectivity index (χ3n) is 6.14. The van der Waals surface area contributed by atoms with E-state index in [2.05, 4.69) is 15.0 Å². The van der Waals surface area contributed by atoms with Crippen LogP contribution in [-0.2, 0) is 7.05 Å². The Morgan fingerprint density at radius 2 is 1.61 bits per heavy atom. The summed E-state index contributed by atoms with van der Waals surface area (Å²) in [6, 6.07) is 7.58.